The summed E-state index contributed by atoms with van der Waals surface area (Å²) in [6, 6.07) is 4.78. The predicted octanol–water partition coefficient (Wildman–Crippen LogP) is 2.87. The van der Waals surface area contributed by atoms with Gasteiger partial charge in [-0.2, -0.15) is 8.78 Å². The second-order valence-electron chi connectivity index (χ2n) is 3.57. The Morgan fingerprint density at radius 3 is 2.71 bits per heavy atom. The summed E-state index contributed by atoms with van der Waals surface area (Å²) in [7, 11) is 0. The molecule has 0 heterocycles. The van der Waals surface area contributed by atoms with Crippen LogP contribution in [0.15, 0.2) is 18.2 Å². The van der Waals surface area contributed by atoms with E-state index in [1.807, 2.05) is 6.92 Å². The Morgan fingerprint density at radius 1 is 1.47 bits per heavy atom. The van der Waals surface area contributed by atoms with E-state index in [1.54, 1.807) is 12.1 Å². The molecule has 3 nitrogen and oxygen atoms in total. The Kier molecular flexibility index (Phi) is 4.87. The first-order chi connectivity index (χ1) is 8.02. The molecule has 0 bridgehead atoms. The van der Waals surface area contributed by atoms with Crippen LogP contribution in [-0.2, 0) is 17.6 Å². The van der Waals surface area contributed by atoms with Gasteiger partial charge in [0.15, 0.2) is 0 Å². The minimum Gasteiger partial charge on any atom is -0.481 e. The average Bonchev–Trinajstić information content (AvgIpc) is 2.26. The van der Waals surface area contributed by atoms with Crippen molar-refractivity contribution in [1.82, 2.24) is 0 Å². The molecule has 1 aromatic rings. The second kappa shape index (κ2) is 6.18. The minimum absolute atomic E-state index is 0.0260. The molecule has 0 atom stereocenters. The van der Waals surface area contributed by atoms with E-state index in [-0.39, 0.29) is 12.2 Å². The third-order valence-electron chi connectivity index (χ3n) is 2.35. The minimum atomic E-state index is -2.84. The first-order valence-corrected chi connectivity index (χ1v) is 5.31. The number of alkyl halides is 2. The number of aryl methyl sites for hydroxylation is 2. The van der Waals surface area contributed by atoms with Crippen LogP contribution >= 0.6 is 0 Å². The third-order valence-corrected chi connectivity index (χ3v) is 2.35. The van der Waals surface area contributed by atoms with Gasteiger partial charge in [-0.15, -0.1) is 0 Å². The number of benzene rings is 1. The van der Waals surface area contributed by atoms with Gasteiger partial charge < -0.3 is 9.84 Å². The molecule has 0 saturated carbocycles. The summed E-state index contributed by atoms with van der Waals surface area (Å²) in [6.45, 7) is -1.01. The number of halogens is 2. The van der Waals surface area contributed by atoms with Crippen LogP contribution in [0.4, 0.5) is 8.78 Å². The molecule has 0 amide bonds. The summed E-state index contributed by atoms with van der Waals surface area (Å²) in [4.78, 5) is 10.4. The number of ether oxygens (including phenoxy) is 1. The molecule has 0 fully saturated rings. The van der Waals surface area contributed by atoms with Crippen LogP contribution in [0.1, 0.15) is 24.5 Å². The fraction of sp³-hybridized carbons (Fsp3) is 0.417. The molecule has 0 unspecified atom stereocenters. The van der Waals surface area contributed by atoms with Crippen LogP contribution in [0.2, 0.25) is 0 Å². The van der Waals surface area contributed by atoms with Gasteiger partial charge in [-0.3, -0.25) is 4.79 Å². The summed E-state index contributed by atoms with van der Waals surface area (Å²) >= 11 is 0. The van der Waals surface area contributed by atoms with E-state index in [4.69, 9.17) is 5.11 Å². The van der Waals surface area contributed by atoms with Crippen LogP contribution < -0.4 is 4.74 Å². The van der Waals surface area contributed by atoms with Gasteiger partial charge in [-0.1, -0.05) is 19.1 Å². The van der Waals surface area contributed by atoms with Crippen LogP contribution in [-0.4, -0.2) is 17.7 Å². The highest BCUT2D eigenvalue weighted by molar-refractivity contribution is 5.67. The highest BCUT2D eigenvalue weighted by Crippen LogP contribution is 2.23. The zero-order valence-corrected chi connectivity index (χ0v) is 9.45. The maximum absolute atomic E-state index is 12.1. The van der Waals surface area contributed by atoms with Crippen LogP contribution in [0.25, 0.3) is 0 Å². The molecule has 17 heavy (non-hydrogen) atoms. The molecule has 94 valence electrons. The first-order valence-electron chi connectivity index (χ1n) is 5.31. The quantitative estimate of drug-likeness (QED) is 0.836. The van der Waals surface area contributed by atoms with E-state index in [0.717, 1.165) is 5.56 Å². The van der Waals surface area contributed by atoms with E-state index >= 15 is 0 Å². The molecule has 0 aliphatic carbocycles. The zero-order chi connectivity index (χ0) is 12.8. The molecular formula is C12H14F2O3. The van der Waals surface area contributed by atoms with E-state index < -0.39 is 12.6 Å². The van der Waals surface area contributed by atoms with Gasteiger partial charge in [0.05, 0.1) is 0 Å². The summed E-state index contributed by atoms with van der Waals surface area (Å²) in [6.07, 6.45) is 0.971. The number of aliphatic carboxylic acids is 1. The molecule has 1 aromatic carbocycles. The van der Waals surface area contributed by atoms with Gasteiger partial charge in [-0.05, 0) is 30.0 Å². The molecule has 5 heteroatoms. The monoisotopic (exact) mass is 244 g/mol. The van der Waals surface area contributed by atoms with Crippen LogP contribution in [0.5, 0.6) is 5.75 Å². The first kappa shape index (κ1) is 13.4. The number of carboxylic acid groups (broad SMARTS) is 1. The van der Waals surface area contributed by atoms with Crippen LogP contribution in [0.3, 0.4) is 0 Å². The number of hydrogen-bond acceptors (Lipinski definition) is 2. The van der Waals surface area contributed by atoms with Gasteiger partial charge in [-0.25, -0.2) is 0 Å². The zero-order valence-electron chi connectivity index (χ0n) is 9.45. The van der Waals surface area contributed by atoms with Gasteiger partial charge in [0.25, 0.3) is 0 Å². The summed E-state index contributed by atoms with van der Waals surface area (Å²) in [5.41, 5.74) is 1.47. The Labute approximate surface area is 98.0 Å². The lowest BCUT2D eigenvalue weighted by Gasteiger charge is -2.10. The fourth-order valence-electron chi connectivity index (χ4n) is 1.53. The van der Waals surface area contributed by atoms with Crippen molar-refractivity contribution in [1.29, 1.82) is 0 Å². The molecule has 1 rings (SSSR count). The largest absolute Gasteiger partial charge is 0.481 e. The van der Waals surface area contributed by atoms with Crippen molar-refractivity contribution in [2.75, 3.05) is 0 Å². The molecule has 0 radical (unpaired) electrons. The Bertz CT molecular complexity index is 391. The van der Waals surface area contributed by atoms with E-state index in [9.17, 15) is 13.6 Å². The van der Waals surface area contributed by atoms with Crippen molar-refractivity contribution in [3.05, 3.63) is 29.3 Å². The standard InChI is InChI=1S/C12H14F2O3/c1-2-9-7-8(4-6-11(15)16)3-5-10(9)17-12(13)14/h3,5,7,12H,2,4,6H2,1H3,(H,15,16). The maximum Gasteiger partial charge on any atom is 0.387 e. The van der Waals surface area contributed by atoms with Crippen molar-refractivity contribution in [2.45, 2.75) is 32.8 Å². The summed E-state index contributed by atoms with van der Waals surface area (Å²) in [5, 5.41) is 8.55. The summed E-state index contributed by atoms with van der Waals surface area (Å²) in [5.74, 6) is -0.725. The van der Waals surface area contributed by atoms with Gasteiger partial charge in [0.1, 0.15) is 5.75 Å². The van der Waals surface area contributed by atoms with Crippen molar-refractivity contribution in [3.63, 3.8) is 0 Å². The fourth-order valence-corrected chi connectivity index (χ4v) is 1.53. The predicted molar refractivity (Wildman–Crippen MR) is 58.4 cm³/mol. The highest BCUT2D eigenvalue weighted by atomic mass is 19.3. The van der Waals surface area contributed by atoms with Crippen molar-refractivity contribution < 1.29 is 23.4 Å². The Morgan fingerprint density at radius 2 is 2.18 bits per heavy atom. The van der Waals surface area contributed by atoms with Gasteiger partial charge in [0, 0.05) is 6.42 Å². The maximum atomic E-state index is 12.1. The molecule has 0 saturated heterocycles. The second-order valence-corrected chi connectivity index (χ2v) is 3.57. The number of rotatable bonds is 6. The van der Waals surface area contributed by atoms with E-state index in [2.05, 4.69) is 4.74 Å². The number of hydrogen-bond donors (Lipinski definition) is 1. The molecule has 0 spiro atoms. The topological polar surface area (TPSA) is 46.5 Å². The van der Waals surface area contributed by atoms with Crippen molar-refractivity contribution >= 4 is 5.97 Å². The van der Waals surface area contributed by atoms with Crippen molar-refractivity contribution in [3.8, 4) is 5.75 Å². The van der Waals surface area contributed by atoms with Crippen LogP contribution in [0, 0.1) is 0 Å². The van der Waals surface area contributed by atoms with Crippen molar-refractivity contribution in [2.24, 2.45) is 0 Å². The number of carbonyl (C=O) groups is 1. The SMILES string of the molecule is CCc1cc(CCC(=O)O)ccc1OC(F)F. The molecular weight excluding hydrogens is 230 g/mol. The summed E-state index contributed by atoms with van der Waals surface area (Å²) < 4.78 is 28.5. The Balaban J connectivity index is 2.80. The number of carboxylic acids is 1. The lowest BCUT2D eigenvalue weighted by atomic mass is 10.0. The Hall–Kier alpha value is -1.65. The van der Waals surface area contributed by atoms with E-state index in [1.165, 1.54) is 6.07 Å². The average molecular weight is 244 g/mol. The molecule has 0 aliphatic rings. The molecule has 1 N–H and O–H groups in total. The van der Waals surface area contributed by atoms with Gasteiger partial charge in [0.2, 0.25) is 0 Å². The highest BCUT2D eigenvalue weighted by Gasteiger charge is 2.09. The smallest absolute Gasteiger partial charge is 0.387 e. The lowest BCUT2D eigenvalue weighted by molar-refractivity contribution is -0.136. The van der Waals surface area contributed by atoms with Gasteiger partial charge >= 0.3 is 12.6 Å². The van der Waals surface area contributed by atoms with E-state index in [0.29, 0.717) is 18.4 Å². The molecule has 0 aromatic heterocycles. The lowest BCUT2D eigenvalue weighted by Crippen LogP contribution is -2.05. The normalized spacial score (nSPS) is 10.6. The third kappa shape index (κ3) is 4.38. The molecule has 0 aliphatic heterocycles.